The molecule has 1 N–H and O–H groups in total. The van der Waals surface area contributed by atoms with Gasteiger partial charge in [-0.2, -0.15) is 4.98 Å². The third-order valence-electron chi connectivity index (χ3n) is 5.08. The molecular formula is C24H16F2N6O2S. The zero-order valence-electron chi connectivity index (χ0n) is 18.1. The quantitative estimate of drug-likeness (QED) is 0.340. The predicted molar refractivity (Wildman–Crippen MR) is 128 cm³/mol. The van der Waals surface area contributed by atoms with Crippen molar-refractivity contribution in [1.29, 1.82) is 0 Å². The van der Waals surface area contributed by atoms with Crippen LogP contribution in [0.4, 0.5) is 13.9 Å². The summed E-state index contributed by atoms with van der Waals surface area (Å²) in [5.74, 6) is -0.289. The fraction of sp³-hybridized carbons (Fsp3) is 0.0833. The van der Waals surface area contributed by atoms with Gasteiger partial charge in [0.05, 0.1) is 35.0 Å². The SMILES string of the molecule is COc1cnc(C(F)F)cc1-c1cc(-c2ccccn2)ncc1C(=O)Nc1nc2ncccc2s1. The Kier molecular flexibility index (Phi) is 6.06. The number of nitrogens with one attached hydrogen (secondary N) is 1. The van der Waals surface area contributed by atoms with Crippen molar-refractivity contribution in [1.82, 2.24) is 24.9 Å². The summed E-state index contributed by atoms with van der Waals surface area (Å²) < 4.78 is 33.1. The number of hydrogen-bond donors (Lipinski definition) is 1. The van der Waals surface area contributed by atoms with E-state index in [1.165, 1.54) is 36.9 Å². The molecule has 8 nitrogen and oxygen atoms in total. The first-order chi connectivity index (χ1) is 17.0. The fourth-order valence-corrected chi connectivity index (χ4v) is 4.27. The number of carbonyl (C=O) groups is 1. The molecule has 174 valence electrons. The first-order valence-electron chi connectivity index (χ1n) is 10.3. The van der Waals surface area contributed by atoms with Gasteiger partial charge in [0.1, 0.15) is 11.4 Å². The number of aromatic nitrogens is 5. The van der Waals surface area contributed by atoms with Crippen molar-refractivity contribution in [2.45, 2.75) is 6.43 Å². The van der Waals surface area contributed by atoms with Crippen molar-refractivity contribution in [3.05, 3.63) is 78.5 Å². The second kappa shape index (κ2) is 9.47. The molecule has 0 aromatic carbocycles. The van der Waals surface area contributed by atoms with Crippen molar-refractivity contribution in [2.75, 3.05) is 12.4 Å². The molecule has 5 heterocycles. The van der Waals surface area contributed by atoms with E-state index < -0.39 is 18.0 Å². The molecule has 1 amide bonds. The molecule has 11 heteroatoms. The molecule has 35 heavy (non-hydrogen) atoms. The number of pyridine rings is 4. The normalized spacial score (nSPS) is 11.1. The van der Waals surface area contributed by atoms with Gasteiger partial charge in [-0.1, -0.05) is 17.4 Å². The van der Waals surface area contributed by atoms with Gasteiger partial charge < -0.3 is 4.74 Å². The van der Waals surface area contributed by atoms with Gasteiger partial charge >= 0.3 is 0 Å². The Balaban J connectivity index is 1.63. The Hall–Kier alpha value is -4.38. The maximum absolute atomic E-state index is 13.5. The van der Waals surface area contributed by atoms with Crippen LogP contribution in [0.25, 0.3) is 32.9 Å². The van der Waals surface area contributed by atoms with Gasteiger partial charge in [-0.05, 0) is 36.4 Å². The number of alkyl halides is 2. The number of halogens is 2. The second-order valence-corrected chi connectivity index (χ2v) is 8.27. The number of thiazole rings is 1. The lowest BCUT2D eigenvalue weighted by Crippen LogP contribution is -2.14. The number of rotatable bonds is 6. The molecule has 5 aromatic heterocycles. The largest absolute Gasteiger partial charge is 0.494 e. The van der Waals surface area contributed by atoms with E-state index in [4.69, 9.17) is 4.74 Å². The van der Waals surface area contributed by atoms with E-state index in [-0.39, 0.29) is 16.9 Å². The zero-order valence-corrected chi connectivity index (χ0v) is 19.0. The van der Waals surface area contributed by atoms with E-state index in [0.717, 1.165) is 4.70 Å². The highest BCUT2D eigenvalue weighted by Crippen LogP contribution is 2.36. The lowest BCUT2D eigenvalue weighted by atomic mass is 9.98. The van der Waals surface area contributed by atoms with Crippen LogP contribution in [0.1, 0.15) is 22.5 Å². The Morgan fingerprint density at radius 2 is 1.83 bits per heavy atom. The molecule has 0 atom stereocenters. The highest BCUT2D eigenvalue weighted by Gasteiger charge is 2.22. The Morgan fingerprint density at radius 1 is 0.971 bits per heavy atom. The second-order valence-electron chi connectivity index (χ2n) is 7.24. The number of carbonyl (C=O) groups excluding carboxylic acids is 1. The van der Waals surface area contributed by atoms with Crippen LogP contribution in [0.2, 0.25) is 0 Å². The lowest BCUT2D eigenvalue weighted by molar-refractivity contribution is 0.102. The van der Waals surface area contributed by atoms with Crippen molar-refractivity contribution >= 4 is 32.7 Å². The lowest BCUT2D eigenvalue weighted by Gasteiger charge is -2.15. The minimum absolute atomic E-state index is 0.140. The molecule has 0 aliphatic heterocycles. The Morgan fingerprint density at radius 3 is 2.57 bits per heavy atom. The van der Waals surface area contributed by atoms with E-state index >= 15 is 0 Å². The molecule has 0 radical (unpaired) electrons. The monoisotopic (exact) mass is 490 g/mol. The summed E-state index contributed by atoms with van der Waals surface area (Å²) >= 11 is 1.27. The van der Waals surface area contributed by atoms with Crippen LogP contribution in [0.5, 0.6) is 5.75 Å². The van der Waals surface area contributed by atoms with E-state index in [1.54, 1.807) is 42.7 Å². The van der Waals surface area contributed by atoms with E-state index in [0.29, 0.717) is 27.7 Å². The third-order valence-corrected chi connectivity index (χ3v) is 6.01. The topological polar surface area (TPSA) is 103 Å². The van der Waals surface area contributed by atoms with Crippen LogP contribution in [-0.4, -0.2) is 37.9 Å². The average Bonchev–Trinajstić information content (AvgIpc) is 3.30. The van der Waals surface area contributed by atoms with Crippen molar-refractivity contribution in [2.24, 2.45) is 0 Å². The molecule has 0 aliphatic rings. The van der Waals surface area contributed by atoms with Crippen LogP contribution in [-0.2, 0) is 0 Å². The van der Waals surface area contributed by atoms with Gasteiger partial charge in [0.25, 0.3) is 12.3 Å². The highest BCUT2D eigenvalue weighted by molar-refractivity contribution is 7.22. The number of ether oxygens (including phenoxy) is 1. The number of amides is 1. The van der Waals surface area contributed by atoms with Crippen molar-refractivity contribution in [3.63, 3.8) is 0 Å². The molecule has 0 unspecified atom stereocenters. The highest BCUT2D eigenvalue weighted by atomic mass is 32.1. The smallest absolute Gasteiger partial charge is 0.280 e. The summed E-state index contributed by atoms with van der Waals surface area (Å²) in [6.07, 6.45) is 3.01. The maximum Gasteiger partial charge on any atom is 0.280 e. The number of nitrogens with zero attached hydrogens (tertiary/aromatic N) is 5. The third kappa shape index (κ3) is 4.53. The summed E-state index contributed by atoms with van der Waals surface area (Å²) in [6, 6.07) is 11.8. The Bertz CT molecular complexity index is 1490. The van der Waals surface area contributed by atoms with Gasteiger partial charge in [-0.25, -0.2) is 13.8 Å². The fourth-order valence-electron chi connectivity index (χ4n) is 3.45. The van der Waals surface area contributed by atoms with E-state index in [2.05, 4.69) is 30.2 Å². The molecule has 5 rings (SSSR count). The van der Waals surface area contributed by atoms with Crippen LogP contribution >= 0.6 is 11.3 Å². The van der Waals surface area contributed by atoms with E-state index in [1.807, 2.05) is 6.07 Å². The van der Waals surface area contributed by atoms with Gasteiger partial charge in [0, 0.05) is 29.7 Å². The van der Waals surface area contributed by atoms with Crippen LogP contribution in [0, 0.1) is 0 Å². The first kappa shape index (κ1) is 22.4. The summed E-state index contributed by atoms with van der Waals surface area (Å²) in [7, 11) is 1.40. The van der Waals surface area contributed by atoms with Crippen LogP contribution in [0.3, 0.4) is 0 Å². The van der Waals surface area contributed by atoms with Gasteiger partial charge in [-0.3, -0.25) is 25.1 Å². The molecular weight excluding hydrogens is 474 g/mol. The molecule has 0 saturated carbocycles. The van der Waals surface area contributed by atoms with Gasteiger partial charge in [0.15, 0.2) is 10.8 Å². The molecule has 0 aliphatic carbocycles. The molecule has 0 saturated heterocycles. The van der Waals surface area contributed by atoms with Crippen LogP contribution < -0.4 is 10.1 Å². The molecule has 0 spiro atoms. The minimum Gasteiger partial charge on any atom is -0.494 e. The Labute approximate surface area is 201 Å². The molecule has 5 aromatic rings. The van der Waals surface area contributed by atoms with Gasteiger partial charge in [0.2, 0.25) is 0 Å². The predicted octanol–water partition coefficient (Wildman–Crippen LogP) is 5.41. The first-order valence-corrected chi connectivity index (χ1v) is 11.1. The summed E-state index contributed by atoms with van der Waals surface area (Å²) in [6.45, 7) is 0. The summed E-state index contributed by atoms with van der Waals surface area (Å²) in [5.41, 5.74) is 1.82. The van der Waals surface area contributed by atoms with Crippen molar-refractivity contribution < 1.29 is 18.3 Å². The number of hydrogen-bond acceptors (Lipinski definition) is 8. The van der Waals surface area contributed by atoms with Crippen LogP contribution in [0.15, 0.2) is 67.3 Å². The van der Waals surface area contributed by atoms with Gasteiger partial charge in [-0.15, -0.1) is 0 Å². The maximum atomic E-state index is 13.5. The average molecular weight is 490 g/mol. The number of methoxy groups -OCH3 is 1. The molecule has 0 fully saturated rings. The number of anilines is 1. The molecule has 0 bridgehead atoms. The number of fused-ring (bicyclic) bond motifs is 1. The standard InChI is InChI=1S/C24H16F2N6O2S/c1-34-19-12-30-18(21(25)26)10-14(19)13-9-17(16-5-2-3-7-27-16)29-11-15(13)23(33)32-24-31-22-20(35-24)6-4-8-28-22/h2-12,21H,1H3,(H,28,31,32,33). The van der Waals surface area contributed by atoms with E-state index in [9.17, 15) is 13.6 Å². The zero-order chi connectivity index (χ0) is 24.4. The van der Waals surface area contributed by atoms with Crippen molar-refractivity contribution in [3.8, 4) is 28.3 Å². The summed E-state index contributed by atoms with van der Waals surface area (Å²) in [5, 5.41) is 3.11. The minimum atomic E-state index is -2.80. The summed E-state index contributed by atoms with van der Waals surface area (Å²) in [4.78, 5) is 34.3.